The van der Waals surface area contributed by atoms with Crippen LogP contribution in [0.3, 0.4) is 0 Å². The van der Waals surface area contributed by atoms with Crippen LogP contribution in [0.15, 0.2) is 96.1 Å². The van der Waals surface area contributed by atoms with Crippen LogP contribution in [0, 0.1) is 0 Å². The topological polar surface area (TPSA) is 89.0 Å². The minimum Gasteiger partial charge on any atom is -0.371 e. The molecular formula is C30H34ClN3O4. The molecule has 3 aromatic rings. The van der Waals surface area contributed by atoms with E-state index >= 15 is 0 Å². The van der Waals surface area contributed by atoms with Crippen molar-refractivity contribution in [3.63, 3.8) is 0 Å². The Morgan fingerprint density at radius 3 is 1.84 bits per heavy atom. The highest BCUT2D eigenvalue weighted by Gasteiger charge is 2.50. The van der Waals surface area contributed by atoms with Crippen molar-refractivity contribution in [1.29, 1.82) is 0 Å². The van der Waals surface area contributed by atoms with Crippen LogP contribution in [-0.2, 0) is 38.8 Å². The highest BCUT2D eigenvalue weighted by Crippen LogP contribution is 2.35. The summed E-state index contributed by atoms with van der Waals surface area (Å²) in [6.07, 6.45) is 0.0391. The lowest BCUT2D eigenvalue weighted by Crippen LogP contribution is -2.47. The fraction of sp³-hybridized carbons (Fsp3) is 0.400. The number of ether oxygens (including phenoxy) is 4. The number of epoxide rings is 1. The van der Waals surface area contributed by atoms with Crippen LogP contribution in [-0.4, -0.2) is 42.9 Å². The van der Waals surface area contributed by atoms with E-state index in [0.717, 1.165) is 29.5 Å². The van der Waals surface area contributed by atoms with Gasteiger partial charge in [0, 0.05) is 10.8 Å². The predicted octanol–water partition coefficient (Wildman–Crippen LogP) is 6.84. The maximum atomic E-state index is 9.13. The molecular weight excluding hydrogens is 502 g/mol. The van der Waals surface area contributed by atoms with Crippen molar-refractivity contribution in [2.45, 2.75) is 63.2 Å². The van der Waals surface area contributed by atoms with Crippen LogP contribution >= 0.6 is 11.6 Å². The molecule has 8 heteroatoms. The van der Waals surface area contributed by atoms with E-state index in [1.807, 2.05) is 91.0 Å². The number of alkyl halides is 1. The lowest BCUT2D eigenvalue weighted by molar-refractivity contribution is -0.154. The summed E-state index contributed by atoms with van der Waals surface area (Å²) < 4.78 is 25.5. The average Bonchev–Trinajstić information content (AvgIpc) is 3.75. The average molecular weight is 536 g/mol. The first kappa shape index (κ1) is 28.1. The van der Waals surface area contributed by atoms with Crippen molar-refractivity contribution < 1.29 is 18.9 Å². The summed E-state index contributed by atoms with van der Waals surface area (Å²) in [7, 11) is 0. The van der Waals surface area contributed by atoms with Gasteiger partial charge in [-0.25, -0.2) is 0 Å². The quantitative estimate of drug-likeness (QED) is 0.0622. The Balaban J connectivity index is 1.58. The molecule has 3 aromatic carbocycles. The number of benzene rings is 3. The lowest BCUT2D eigenvalue weighted by atomic mass is 10.0. The van der Waals surface area contributed by atoms with Crippen molar-refractivity contribution in [2.75, 3.05) is 12.4 Å². The van der Waals surface area contributed by atoms with Gasteiger partial charge in [-0.3, -0.25) is 0 Å². The van der Waals surface area contributed by atoms with E-state index in [0.29, 0.717) is 25.7 Å². The Morgan fingerprint density at radius 1 is 0.789 bits per heavy atom. The molecule has 1 heterocycles. The summed E-state index contributed by atoms with van der Waals surface area (Å²) in [4.78, 5) is 3.00. The van der Waals surface area contributed by atoms with E-state index in [1.165, 1.54) is 0 Å². The number of azide groups is 1. The van der Waals surface area contributed by atoms with Crippen LogP contribution < -0.4 is 0 Å². The number of nitrogens with zero attached hydrogens (tertiary/aromatic N) is 3. The van der Waals surface area contributed by atoms with E-state index in [2.05, 4.69) is 10.0 Å². The Morgan fingerprint density at radius 2 is 1.32 bits per heavy atom. The number of rotatable bonds is 17. The van der Waals surface area contributed by atoms with Gasteiger partial charge < -0.3 is 18.9 Å². The molecule has 38 heavy (non-hydrogen) atoms. The van der Waals surface area contributed by atoms with Crippen molar-refractivity contribution in [2.24, 2.45) is 5.11 Å². The number of hydrogen-bond acceptors (Lipinski definition) is 5. The van der Waals surface area contributed by atoms with Crippen LogP contribution in [0.1, 0.15) is 29.5 Å². The van der Waals surface area contributed by atoms with Gasteiger partial charge in [0.2, 0.25) is 0 Å². The van der Waals surface area contributed by atoms with Crippen molar-refractivity contribution >= 4 is 11.6 Å². The molecule has 1 saturated heterocycles. The van der Waals surface area contributed by atoms with E-state index in [1.54, 1.807) is 0 Å². The van der Waals surface area contributed by atoms with Gasteiger partial charge in [0.1, 0.15) is 18.3 Å². The van der Waals surface area contributed by atoms with E-state index < -0.39 is 18.3 Å². The number of halogens is 1. The third-order valence-corrected chi connectivity index (χ3v) is 6.73. The van der Waals surface area contributed by atoms with Crippen molar-refractivity contribution in [1.82, 2.24) is 0 Å². The Labute approximate surface area is 229 Å². The third kappa shape index (κ3) is 8.84. The largest absolute Gasteiger partial charge is 0.371 e. The van der Waals surface area contributed by atoms with E-state index in [9.17, 15) is 0 Å². The molecule has 0 saturated carbocycles. The molecule has 1 aliphatic rings. The summed E-state index contributed by atoms with van der Waals surface area (Å²) in [5.41, 5.74) is 12.2. The van der Waals surface area contributed by atoms with Gasteiger partial charge in [-0.2, -0.15) is 0 Å². The minimum absolute atomic E-state index is 0.0339. The van der Waals surface area contributed by atoms with Gasteiger partial charge in [0.05, 0.1) is 38.6 Å². The zero-order chi connectivity index (χ0) is 26.4. The zero-order valence-corrected chi connectivity index (χ0v) is 22.1. The molecule has 0 spiro atoms. The molecule has 0 aliphatic carbocycles. The first-order valence-corrected chi connectivity index (χ1v) is 13.5. The lowest BCUT2D eigenvalue weighted by Gasteiger charge is -2.33. The fourth-order valence-electron chi connectivity index (χ4n) is 4.43. The summed E-state index contributed by atoms with van der Waals surface area (Å²) in [5.74, 6) is 0.579. The zero-order valence-electron chi connectivity index (χ0n) is 21.3. The first-order chi connectivity index (χ1) is 18.8. The highest BCUT2D eigenvalue weighted by atomic mass is 35.5. The molecule has 5 atom stereocenters. The van der Waals surface area contributed by atoms with Crippen molar-refractivity contribution in [3.05, 3.63) is 118 Å². The second-order valence-electron chi connectivity index (χ2n) is 9.24. The van der Waals surface area contributed by atoms with Gasteiger partial charge in [-0.1, -0.05) is 96.1 Å². The maximum Gasteiger partial charge on any atom is 0.115 e. The van der Waals surface area contributed by atoms with Crippen molar-refractivity contribution in [3.8, 4) is 0 Å². The molecule has 0 aromatic heterocycles. The second-order valence-corrected chi connectivity index (χ2v) is 9.62. The molecule has 200 valence electrons. The summed E-state index contributed by atoms with van der Waals surface area (Å²) >= 11 is 5.95. The van der Waals surface area contributed by atoms with E-state index in [4.69, 9.17) is 36.1 Å². The smallest absolute Gasteiger partial charge is 0.115 e. The van der Waals surface area contributed by atoms with Gasteiger partial charge >= 0.3 is 0 Å². The Hall–Kier alpha value is -2.90. The van der Waals surface area contributed by atoms with Gasteiger partial charge in [-0.05, 0) is 35.1 Å². The van der Waals surface area contributed by atoms with Crippen LogP contribution in [0.4, 0.5) is 0 Å². The predicted molar refractivity (Wildman–Crippen MR) is 148 cm³/mol. The second kappa shape index (κ2) is 15.5. The standard InChI is InChI=1S/C30H34ClN3O4/c31-18-10-17-26-29(38-26)30(37-22-25-15-8-3-9-16-25)28(36-21-24-13-6-2-7-14-24)27(19-33-34-32)35-20-23-11-4-1-5-12-23/h1-9,11-16,26-30H,10,17-22H2/t26-,27-,28-,29+,30+/m1/s1. The monoisotopic (exact) mass is 535 g/mol. The molecule has 0 amide bonds. The summed E-state index contributed by atoms with van der Waals surface area (Å²) in [6.45, 7) is 1.21. The molecule has 1 aliphatic heterocycles. The molecule has 1 fully saturated rings. The van der Waals surface area contributed by atoms with Gasteiger partial charge in [0.25, 0.3) is 0 Å². The highest BCUT2D eigenvalue weighted by molar-refractivity contribution is 6.17. The Bertz CT molecular complexity index is 1120. The number of hydrogen-bond donors (Lipinski definition) is 0. The summed E-state index contributed by atoms with van der Waals surface area (Å²) in [5, 5.41) is 3.87. The fourth-order valence-corrected chi connectivity index (χ4v) is 4.58. The molecule has 7 nitrogen and oxygen atoms in total. The summed E-state index contributed by atoms with van der Waals surface area (Å²) in [6, 6.07) is 29.9. The minimum atomic E-state index is -0.548. The molecule has 0 bridgehead atoms. The molecule has 4 rings (SSSR count). The molecule has 0 radical (unpaired) electrons. The van der Waals surface area contributed by atoms with Gasteiger partial charge in [-0.15, -0.1) is 11.6 Å². The van der Waals surface area contributed by atoms with Crippen LogP contribution in [0.5, 0.6) is 0 Å². The Kier molecular flexibility index (Phi) is 11.5. The van der Waals surface area contributed by atoms with Crippen LogP contribution in [0.25, 0.3) is 10.4 Å². The normalized spacial score (nSPS) is 18.8. The first-order valence-electron chi connectivity index (χ1n) is 13.0. The van der Waals surface area contributed by atoms with E-state index in [-0.39, 0.29) is 18.8 Å². The van der Waals surface area contributed by atoms with Crippen LogP contribution in [0.2, 0.25) is 0 Å². The SMILES string of the molecule is [N-]=[N+]=NC[C@@H](OCc1ccccc1)[C@@H](OCc1ccccc1)[C@H](OCc1ccccc1)[C@H]1O[C@@H]1CCCCl. The maximum absolute atomic E-state index is 9.13. The third-order valence-electron chi connectivity index (χ3n) is 6.46. The molecule has 0 unspecified atom stereocenters. The molecule has 0 N–H and O–H groups in total. The van der Waals surface area contributed by atoms with Gasteiger partial charge in [0.15, 0.2) is 0 Å².